The molecule has 0 bridgehead atoms. The summed E-state index contributed by atoms with van der Waals surface area (Å²) >= 11 is 0. The zero-order chi connectivity index (χ0) is 12.9. The number of aliphatic carboxylic acids is 1. The van der Waals surface area contributed by atoms with E-state index in [9.17, 15) is 4.79 Å². The van der Waals surface area contributed by atoms with Crippen LogP contribution in [0.25, 0.3) is 0 Å². The first-order chi connectivity index (χ1) is 8.16. The van der Waals surface area contributed by atoms with Crippen molar-refractivity contribution in [2.45, 2.75) is 83.6 Å². The summed E-state index contributed by atoms with van der Waals surface area (Å²) in [4.78, 5) is 10.4. The molecule has 102 valence electrons. The van der Waals surface area contributed by atoms with Gasteiger partial charge in [0, 0.05) is 6.04 Å². The Morgan fingerprint density at radius 2 is 1.47 bits per heavy atom. The predicted octanol–water partition coefficient (Wildman–Crippen LogP) is 3.71. The van der Waals surface area contributed by atoms with E-state index >= 15 is 0 Å². The molecule has 0 rings (SSSR count). The molecular weight excluding hydrogens is 214 g/mol. The SMILES string of the molecule is CCCCCCCCCCCC(N)CC(=O)O. The third-order valence-electron chi connectivity index (χ3n) is 3.12. The molecule has 0 fully saturated rings. The van der Waals surface area contributed by atoms with Crippen LogP contribution in [0.1, 0.15) is 77.6 Å². The van der Waals surface area contributed by atoms with Gasteiger partial charge >= 0.3 is 5.97 Å². The molecule has 0 aromatic carbocycles. The van der Waals surface area contributed by atoms with Crippen molar-refractivity contribution < 1.29 is 9.90 Å². The van der Waals surface area contributed by atoms with E-state index in [0.29, 0.717) is 0 Å². The van der Waals surface area contributed by atoms with Crippen LogP contribution in [0.4, 0.5) is 0 Å². The van der Waals surface area contributed by atoms with Gasteiger partial charge < -0.3 is 10.8 Å². The van der Waals surface area contributed by atoms with E-state index in [1.807, 2.05) is 0 Å². The van der Waals surface area contributed by atoms with Crippen molar-refractivity contribution in [1.29, 1.82) is 0 Å². The van der Waals surface area contributed by atoms with Crippen molar-refractivity contribution in [1.82, 2.24) is 0 Å². The Bertz CT molecular complexity index is 183. The summed E-state index contributed by atoms with van der Waals surface area (Å²) in [6.45, 7) is 2.24. The van der Waals surface area contributed by atoms with Gasteiger partial charge in [-0.25, -0.2) is 0 Å². The second-order valence-electron chi connectivity index (χ2n) is 4.98. The Balaban J connectivity index is 3.10. The summed E-state index contributed by atoms with van der Waals surface area (Å²) in [6, 6.07) is -0.156. The van der Waals surface area contributed by atoms with Gasteiger partial charge in [0.2, 0.25) is 0 Å². The summed E-state index contributed by atoms with van der Waals surface area (Å²) in [6.07, 6.45) is 12.6. The summed E-state index contributed by atoms with van der Waals surface area (Å²) in [5, 5.41) is 8.55. The van der Waals surface area contributed by atoms with Crippen LogP contribution in [0.5, 0.6) is 0 Å². The maximum Gasteiger partial charge on any atom is 0.304 e. The number of carbonyl (C=O) groups is 1. The van der Waals surface area contributed by atoms with Crippen molar-refractivity contribution in [2.24, 2.45) is 5.73 Å². The van der Waals surface area contributed by atoms with Crippen LogP contribution in [0.3, 0.4) is 0 Å². The van der Waals surface area contributed by atoms with E-state index in [-0.39, 0.29) is 12.5 Å². The maximum absolute atomic E-state index is 10.4. The second kappa shape index (κ2) is 11.9. The average molecular weight is 243 g/mol. The van der Waals surface area contributed by atoms with Crippen molar-refractivity contribution in [3.8, 4) is 0 Å². The van der Waals surface area contributed by atoms with Crippen LogP contribution >= 0.6 is 0 Å². The quantitative estimate of drug-likeness (QED) is 0.514. The lowest BCUT2D eigenvalue weighted by Crippen LogP contribution is -2.23. The van der Waals surface area contributed by atoms with Gasteiger partial charge in [-0.05, 0) is 6.42 Å². The number of rotatable bonds is 12. The van der Waals surface area contributed by atoms with Crippen LogP contribution in [0.2, 0.25) is 0 Å². The minimum atomic E-state index is -0.784. The molecule has 0 saturated carbocycles. The Morgan fingerprint density at radius 3 is 1.94 bits per heavy atom. The van der Waals surface area contributed by atoms with Gasteiger partial charge in [0.25, 0.3) is 0 Å². The standard InChI is InChI=1S/C14H29NO2/c1-2-3-4-5-6-7-8-9-10-11-13(15)12-14(16)17/h13H,2-12,15H2,1H3,(H,16,17). The van der Waals surface area contributed by atoms with Gasteiger partial charge in [-0.1, -0.05) is 64.7 Å². The van der Waals surface area contributed by atoms with Gasteiger partial charge in [0.15, 0.2) is 0 Å². The smallest absolute Gasteiger partial charge is 0.304 e. The monoisotopic (exact) mass is 243 g/mol. The lowest BCUT2D eigenvalue weighted by atomic mass is 10.0. The minimum Gasteiger partial charge on any atom is -0.481 e. The highest BCUT2D eigenvalue weighted by molar-refractivity contribution is 5.67. The molecule has 0 aliphatic carbocycles. The highest BCUT2D eigenvalue weighted by Crippen LogP contribution is 2.11. The van der Waals surface area contributed by atoms with Crippen LogP contribution in [-0.4, -0.2) is 17.1 Å². The number of hydrogen-bond donors (Lipinski definition) is 2. The van der Waals surface area contributed by atoms with Crippen molar-refractivity contribution in [2.75, 3.05) is 0 Å². The Kier molecular flexibility index (Phi) is 11.5. The summed E-state index contributed by atoms with van der Waals surface area (Å²) in [5.41, 5.74) is 5.69. The van der Waals surface area contributed by atoms with Gasteiger partial charge in [0.1, 0.15) is 0 Å². The summed E-state index contributed by atoms with van der Waals surface area (Å²) in [5.74, 6) is -0.784. The topological polar surface area (TPSA) is 63.3 Å². The zero-order valence-corrected chi connectivity index (χ0v) is 11.3. The van der Waals surface area contributed by atoms with E-state index < -0.39 is 5.97 Å². The van der Waals surface area contributed by atoms with Crippen molar-refractivity contribution in [3.05, 3.63) is 0 Å². The van der Waals surface area contributed by atoms with Crippen LogP contribution in [0.15, 0.2) is 0 Å². The maximum atomic E-state index is 10.4. The first-order valence-electron chi connectivity index (χ1n) is 7.14. The Morgan fingerprint density at radius 1 is 1.00 bits per heavy atom. The molecule has 1 unspecified atom stereocenters. The summed E-state index contributed by atoms with van der Waals surface area (Å²) < 4.78 is 0. The van der Waals surface area contributed by atoms with E-state index in [0.717, 1.165) is 12.8 Å². The van der Waals surface area contributed by atoms with Crippen molar-refractivity contribution >= 4 is 5.97 Å². The number of carboxylic acids is 1. The lowest BCUT2D eigenvalue weighted by Gasteiger charge is -2.08. The molecule has 0 amide bonds. The molecular formula is C14H29NO2. The average Bonchev–Trinajstić information content (AvgIpc) is 2.26. The zero-order valence-electron chi connectivity index (χ0n) is 11.3. The van der Waals surface area contributed by atoms with E-state index in [1.54, 1.807) is 0 Å². The third kappa shape index (κ3) is 13.4. The van der Waals surface area contributed by atoms with Crippen LogP contribution in [0, 0.1) is 0 Å². The molecule has 0 spiro atoms. The molecule has 0 aliphatic heterocycles. The molecule has 0 aliphatic rings. The molecule has 17 heavy (non-hydrogen) atoms. The third-order valence-corrected chi connectivity index (χ3v) is 3.12. The molecule has 3 heteroatoms. The lowest BCUT2D eigenvalue weighted by molar-refractivity contribution is -0.137. The predicted molar refractivity (Wildman–Crippen MR) is 72.1 cm³/mol. The second-order valence-corrected chi connectivity index (χ2v) is 4.98. The first-order valence-corrected chi connectivity index (χ1v) is 7.14. The fourth-order valence-electron chi connectivity index (χ4n) is 2.04. The fraction of sp³-hybridized carbons (Fsp3) is 0.929. The molecule has 1 atom stereocenters. The van der Waals surface area contributed by atoms with Crippen LogP contribution in [-0.2, 0) is 4.79 Å². The number of unbranched alkanes of at least 4 members (excludes halogenated alkanes) is 8. The van der Waals surface area contributed by atoms with E-state index in [1.165, 1.54) is 51.4 Å². The minimum absolute atomic E-state index is 0.108. The molecule has 0 saturated heterocycles. The molecule has 0 heterocycles. The molecule has 3 nitrogen and oxygen atoms in total. The normalized spacial score (nSPS) is 12.6. The number of carboxylic acid groups (broad SMARTS) is 1. The van der Waals surface area contributed by atoms with Gasteiger partial charge in [-0.2, -0.15) is 0 Å². The fourth-order valence-corrected chi connectivity index (χ4v) is 2.04. The summed E-state index contributed by atoms with van der Waals surface area (Å²) in [7, 11) is 0. The number of hydrogen-bond acceptors (Lipinski definition) is 2. The Labute approximate surface area is 106 Å². The van der Waals surface area contributed by atoms with Crippen molar-refractivity contribution in [3.63, 3.8) is 0 Å². The Hall–Kier alpha value is -0.570. The van der Waals surface area contributed by atoms with E-state index in [4.69, 9.17) is 10.8 Å². The highest BCUT2D eigenvalue weighted by Gasteiger charge is 2.06. The molecule has 3 N–H and O–H groups in total. The van der Waals surface area contributed by atoms with E-state index in [2.05, 4.69) is 6.92 Å². The van der Waals surface area contributed by atoms with Gasteiger partial charge in [0.05, 0.1) is 6.42 Å². The van der Waals surface area contributed by atoms with Gasteiger partial charge in [-0.15, -0.1) is 0 Å². The molecule has 0 aromatic rings. The van der Waals surface area contributed by atoms with Crippen LogP contribution < -0.4 is 5.73 Å². The number of nitrogens with two attached hydrogens (primary N) is 1. The largest absolute Gasteiger partial charge is 0.481 e. The van der Waals surface area contributed by atoms with Gasteiger partial charge in [-0.3, -0.25) is 4.79 Å². The molecule has 0 radical (unpaired) electrons. The first kappa shape index (κ1) is 16.4. The molecule has 0 aromatic heterocycles. The highest BCUT2D eigenvalue weighted by atomic mass is 16.4.